The molecule has 0 bridgehead atoms. The molecule has 1 aromatic carbocycles. The molecule has 1 aliphatic carbocycles. The number of nitrogens with two attached hydrogens (primary N) is 1. The molecule has 1 aliphatic rings. The first-order valence-corrected chi connectivity index (χ1v) is 11.5. The van der Waals surface area contributed by atoms with Crippen LogP contribution in [0.25, 0.3) is 10.1 Å². The summed E-state index contributed by atoms with van der Waals surface area (Å²) < 4.78 is 6.67. The van der Waals surface area contributed by atoms with Gasteiger partial charge in [0.05, 0.1) is 16.9 Å². The van der Waals surface area contributed by atoms with Crippen molar-refractivity contribution in [2.75, 3.05) is 18.9 Å². The monoisotopic (exact) mass is 454 g/mol. The van der Waals surface area contributed by atoms with E-state index in [0.29, 0.717) is 28.1 Å². The van der Waals surface area contributed by atoms with Crippen LogP contribution >= 0.6 is 11.3 Å². The number of benzene rings is 1. The van der Waals surface area contributed by atoms with E-state index in [1.807, 2.05) is 5.38 Å². The predicted octanol–water partition coefficient (Wildman–Crippen LogP) is 2.85. The summed E-state index contributed by atoms with van der Waals surface area (Å²) in [4.78, 5) is 29.1. The third-order valence-electron chi connectivity index (χ3n) is 5.52. The van der Waals surface area contributed by atoms with Crippen molar-refractivity contribution >= 4 is 39.1 Å². The van der Waals surface area contributed by atoms with Crippen molar-refractivity contribution in [3.63, 3.8) is 0 Å². The Kier molecular flexibility index (Phi) is 6.87. The van der Waals surface area contributed by atoms with Gasteiger partial charge < -0.3 is 26.2 Å². The fraction of sp³-hybridized carbons (Fsp3) is 0.348. The molecule has 0 atom stereocenters. The number of ether oxygens (including phenoxy) is 1. The Morgan fingerprint density at radius 3 is 2.84 bits per heavy atom. The number of carbonyl (C=O) groups excluding carboxylic acids is 2. The molecule has 1 fully saturated rings. The zero-order chi connectivity index (χ0) is 22.5. The Bertz CT molecular complexity index is 1120. The minimum atomic E-state index is -0.313. The average molecular weight is 455 g/mol. The average Bonchev–Trinajstić information content (AvgIpc) is 3.47. The topological polar surface area (TPSA) is 127 Å². The number of anilines is 1. The van der Waals surface area contributed by atoms with Gasteiger partial charge in [-0.15, -0.1) is 11.3 Å². The number of carbonyl (C=O) groups is 2. The number of aliphatic hydroxyl groups is 1. The van der Waals surface area contributed by atoms with Crippen LogP contribution in [0.2, 0.25) is 0 Å². The maximum Gasteiger partial charge on any atom is 0.254 e. The van der Waals surface area contributed by atoms with E-state index in [1.54, 1.807) is 24.3 Å². The van der Waals surface area contributed by atoms with Crippen molar-refractivity contribution in [3.8, 4) is 5.75 Å². The number of pyridine rings is 1. The van der Waals surface area contributed by atoms with Gasteiger partial charge in [-0.1, -0.05) is 18.9 Å². The molecule has 168 valence electrons. The van der Waals surface area contributed by atoms with Gasteiger partial charge >= 0.3 is 0 Å². The van der Waals surface area contributed by atoms with E-state index in [4.69, 9.17) is 15.6 Å². The van der Waals surface area contributed by atoms with Crippen LogP contribution in [-0.2, 0) is 6.61 Å². The Morgan fingerprint density at radius 2 is 2.06 bits per heavy atom. The molecule has 2 amide bonds. The van der Waals surface area contributed by atoms with Crippen molar-refractivity contribution in [3.05, 3.63) is 52.5 Å². The smallest absolute Gasteiger partial charge is 0.254 e. The Balaban J connectivity index is 1.48. The number of hydrogen-bond acceptors (Lipinski definition) is 7. The lowest BCUT2D eigenvalue weighted by Gasteiger charge is -2.13. The van der Waals surface area contributed by atoms with Crippen LogP contribution in [0.1, 0.15) is 52.0 Å². The van der Waals surface area contributed by atoms with Crippen LogP contribution in [0.5, 0.6) is 5.75 Å². The van der Waals surface area contributed by atoms with E-state index in [0.717, 1.165) is 35.9 Å². The summed E-state index contributed by atoms with van der Waals surface area (Å²) in [6.45, 7) is 0.247. The maximum absolute atomic E-state index is 12.5. The van der Waals surface area contributed by atoms with Crippen LogP contribution < -0.4 is 21.1 Å². The first-order chi connectivity index (χ1) is 15.6. The van der Waals surface area contributed by atoms with Gasteiger partial charge in [-0.25, -0.2) is 4.98 Å². The number of nitrogens with one attached hydrogen (secondary N) is 2. The number of thiophene rings is 1. The van der Waals surface area contributed by atoms with Gasteiger partial charge in [0.1, 0.15) is 18.2 Å². The molecule has 9 heteroatoms. The molecule has 0 aliphatic heterocycles. The lowest BCUT2D eigenvalue weighted by molar-refractivity contribution is 0.0932. The highest BCUT2D eigenvalue weighted by Gasteiger charge is 2.19. The lowest BCUT2D eigenvalue weighted by Crippen LogP contribution is -2.32. The molecule has 5 N–H and O–H groups in total. The number of aliphatic hydroxyl groups excluding tert-OH is 1. The van der Waals surface area contributed by atoms with Crippen LogP contribution in [-0.4, -0.2) is 41.1 Å². The summed E-state index contributed by atoms with van der Waals surface area (Å²) in [6, 6.07) is 7.36. The van der Waals surface area contributed by atoms with Gasteiger partial charge in [-0.3, -0.25) is 9.59 Å². The molecule has 8 nitrogen and oxygen atoms in total. The minimum Gasteiger partial charge on any atom is -0.489 e. The summed E-state index contributed by atoms with van der Waals surface area (Å²) in [6.07, 6.45) is 5.82. The van der Waals surface area contributed by atoms with Gasteiger partial charge in [-0.05, 0) is 36.4 Å². The second kappa shape index (κ2) is 9.97. The van der Waals surface area contributed by atoms with E-state index >= 15 is 0 Å². The van der Waals surface area contributed by atoms with Crippen LogP contribution in [0, 0.1) is 0 Å². The first-order valence-electron chi connectivity index (χ1n) is 10.6. The van der Waals surface area contributed by atoms with Gasteiger partial charge in [0.25, 0.3) is 11.8 Å². The van der Waals surface area contributed by atoms with E-state index in [9.17, 15) is 9.59 Å². The minimum absolute atomic E-state index is 0.0877. The largest absolute Gasteiger partial charge is 0.489 e. The molecule has 0 saturated heterocycles. The molecule has 0 unspecified atom stereocenters. The molecule has 4 rings (SSSR count). The van der Waals surface area contributed by atoms with Crippen molar-refractivity contribution in [1.29, 1.82) is 0 Å². The number of nitrogen functional groups attached to an aromatic ring is 1. The maximum atomic E-state index is 12.5. The third-order valence-corrected chi connectivity index (χ3v) is 6.59. The SMILES string of the molecule is Nc1ncc(C(=O)NCCO)c2scc(COc3cccc(C(=O)NC4CCCC4)c3)c12. The van der Waals surface area contributed by atoms with Crippen molar-refractivity contribution in [2.24, 2.45) is 0 Å². The normalized spacial score (nSPS) is 13.9. The summed E-state index contributed by atoms with van der Waals surface area (Å²) >= 11 is 1.39. The highest BCUT2D eigenvalue weighted by atomic mass is 32.1. The molecule has 32 heavy (non-hydrogen) atoms. The molecule has 0 radical (unpaired) electrons. The van der Waals surface area contributed by atoms with Crippen LogP contribution in [0.15, 0.2) is 35.8 Å². The van der Waals surface area contributed by atoms with Crippen LogP contribution in [0.3, 0.4) is 0 Å². The number of hydrogen-bond donors (Lipinski definition) is 4. The first kappa shape index (κ1) is 22.0. The zero-order valence-corrected chi connectivity index (χ0v) is 18.4. The number of amides is 2. The molecular weight excluding hydrogens is 428 g/mol. The fourth-order valence-corrected chi connectivity index (χ4v) is 4.96. The summed E-state index contributed by atoms with van der Waals surface area (Å²) in [5.41, 5.74) is 7.88. The Hall–Kier alpha value is -3.17. The zero-order valence-electron chi connectivity index (χ0n) is 17.6. The van der Waals surface area contributed by atoms with E-state index < -0.39 is 0 Å². The number of aromatic nitrogens is 1. The number of rotatable bonds is 8. The lowest BCUT2D eigenvalue weighted by atomic mass is 10.1. The predicted molar refractivity (Wildman–Crippen MR) is 124 cm³/mol. The molecule has 2 heterocycles. The van der Waals surface area contributed by atoms with Gasteiger partial charge in [0.15, 0.2) is 0 Å². The number of nitrogens with zero attached hydrogens (tertiary/aromatic N) is 1. The molecule has 1 saturated carbocycles. The van der Waals surface area contributed by atoms with Crippen molar-refractivity contribution in [2.45, 2.75) is 38.3 Å². The molecule has 2 aromatic heterocycles. The summed E-state index contributed by atoms with van der Waals surface area (Å²) in [7, 11) is 0. The standard InChI is InChI=1S/C23H26N4O4S/c24-21-19-15(13-32-20(19)18(11-26-21)23(30)25-8-9-28)12-31-17-7-3-4-14(10-17)22(29)27-16-5-1-2-6-16/h3-4,7,10-11,13,16,28H,1-2,5-6,8-9,12H2,(H2,24,26)(H,25,30)(H,27,29). The summed E-state index contributed by atoms with van der Waals surface area (Å²) in [5.74, 6) is 0.497. The van der Waals surface area contributed by atoms with E-state index in [1.165, 1.54) is 17.5 Å². The second-order valence-electron chi connectivity index (χ2n) is 7.77. The van der Waals surface area contributed by atoms with E-state index in [-0.39, 0.29) is 37.6 Å². The van der Waals surface area contributed by atoms with Crippen molar-refractivity contribution < 1.29 is 19.4 Å². The Labute approximate surface area is 189 Å². The van der Waals surface area contributed by atoms with Crippen LogP contribution in [0.4, 0.5) is 5.82 Å². The molecular formula is C23H26N4O4S. The Morgan fingerprint density at radius 1 is 1.25 bits per heavy atom. The highest BCUT2D eigenvalue weighted by Crippen LogP contribution is 2.33. The quantitative estimate of drug-likeness (QED) is 0.415. The molecule has 0 spiro atoms. The van der Waals surface area contributed by atoms with E-state index in [2.05, 4.69) is 15.6 Å². The van der Waals surface area contributed by atoms with Gasteiger partial charge in [0.2, 0.25) is 0 Å². The molecule has 3 aromatic rings. The third kappa shape index (κ3) is 4.84. The van der Waals surface area contributed by atoms with Gasteiger partial charge in [-0.2, -0.15) is 0 Å². The number of fused-ring (bicyclic) bond motifs is 1. The van der Waals surface area contributed by atoms with Crippen molar-refractivity contribution in [1.82, 2.24) is 15.6 Å². The highest BCUT2D eigenvalue weighted by molar-refractivity contribution is 7.17. The van der Waals surface area contributed by atoms with Gasteiger partial charge in [0, 0.05) is 35.3 Å². The fourth-order valence-electron chi connectivity index (χ4n) is 3.89. The second-order valence-corrected chi connectivity index (χ2v) is 8.65. The summed E-state index contributed by atoms with van der Waals surface area (Å²) in [5, 5.41) is 17.2.